The van der Waals surface area contributed by atoms with Crippen LogP contribution >= 0.6 is 0 Å². The van der Waals surface area contributed by atoms with Crippen LogP contribution in [0.4, 0.5) is 5.69 Å². The van der Waals surface area contributed by atoms with E-state index in [1.807, 2.05) is 50.8 Å². The van der Waals surface area contributed by atoms with Gasteiger partial charge in [-0.2, -0.15) is 0 Å². The Bertz CT molecular complexity index is 710. The fraction of sp³-hybridized carbons (Fsp3) is 0.444. The maximum Gasteiger partial charge on any atom is 0.263 e. The highest BCUT2D eigenvalue weighted by Gasteiger charge is 2.33. The van der Waals surface area contributed by atoms with Crippen LogP contribution in [0.25, 0.3) is 0 Å². The van der Waals surface area contributed by atoms with Crippen molar-refractivity contribution in [2.45, 2.75) is 46.0 Å². The van der Waals surface area contributed by atoms with E-state index in [1.54, 1.807) is 0 Å². The average molecular weight is 298 g/mol. The van der Waals surface area contributed by atoms with Crippen LogP contribution < -0.4 is 4.90 Å². The second-order valence-corrected chi connectivity index (χ2v) is 6.90. The molecule has 4 nitrogen and oxygen atoms in total. The molecule has 1 amide bonds. The summed E-state index contributed by atoms with van der Waals surface area (Å²) in [7, 11) is 0. The van der Waals surface area contributed by atoms with Crippen molar-refractivity contribution in [1.82, 2.24) is 5.16 Å². The molecule has 1 aromatic heterocycles. The summed E-state index contributed by atoms with van der Waals surface area (Å²) >= 11 is 0. The molecule has 0 bridgehead atoms. The predicted molar refractivity (Wildman–Crippen MR) is 86.4 cm³/mol. The molecule has 1 aliphatic rings. The summed E-state index contributed by atoms with van der Waals surface area (Å²) < 4.78 is 5.32. The fourth-order valence-corrected chi connectivity index (χ4v) is 3.02. The van der Waals surface area contributed by atoms with E-state index in [1.165, 1.54) is 5.56 Å². The Morgan fingerprint density at radius 2 is 2.00 bits per heavy atom. The monoisotopic (exact) mass is 298 g/mol. The molecule has 0 N–H and O–H groups in total. The van der Waals surface area contributed by atoms with Crippen molar-refractivity contribution >= 4 is 11.6 Å². The first-order chi connectivity index (χ1) is 10.4. The molecule has 3 rings (SSSR count). The lowest BCUT2D eigenvalue weighted by atomic mass is 9.88. The first-order valence-electron chi connectivity index (χ1n) is 7.76. The molecule has 116 valence electrons. The van der Waals surface area contributed by atoms with Gasteiger partial charge in [0.1, 0.15) is 17.0 Å². The number of benzene rings is 1. The number of rotatable bonds is 1. The van der Waals surface area contributed by atoms with E-state index in [9.17, 15) is 4.79 Å². The summed E-state index contributed by atoms with van der Waals surface area (Å²) in [5, 5.41) is 4.14. The van der Waals surface area contributed by atoms with Gasteiger partial charge in [0, 0.05) is 17.6 Å². The molecule has 0 aliphatic carbocycles. The highest BCUT2D eigenvalue weighted by atomic mass is 16.5. The van der Waals surface area contributed by atoms with E-state index in [-0.39, 0.29) is 11.3 Å². The van der Waals surface area contributed by atoms with Crippen molar-refractivity contribution in [1.29, 1.82) is 0 Å². The zero-order valence-electron chi connectivity index (χ0n) is 13.6. The lowest BCUT2D eigenvalue weighted by Crippen LogP contribution is -2.36. The Morgan fingerprint density at radius 1 is 1.27 bits per heavy atom. The molecule has 0 unspecified atom stereocenters. The van der Waals surface area contributed by atoms with Crippen LogP contribution in [0.15, 0.2) is 28.8 Å². The van der Waals surface area contributed by atoms with Gasteiger partial charge in [-0.3, -0.25) is 4.79 Å². The number of nitrogens with zero attached hydrogens (tertiary/aromatic N) is 2. The van der Waals surface area contributed by atoms with E-state index in [4.69, 9.17) is 4.52 Å². The van der Waals surface area contributed by atoms with Crippen LogP contribution in [0.1, 0.15) is 54.6 Å². The van der Waals surface area contributed by atoms with Crippen molar-refractivity contribution in [2.24, 2.45) is 0 Å². The first kappa shape index (κ1) is 14.8. The maximum absolute atomic E-state index is 13.1. The molecule has 1 aromatic carbocycles. The average Bonchev–Trinajstić information content (AvgIpc) is 2.88. The minimum absolute atomic E-state index is 0.00387. The quantitative estimate of drug-likeness (QED) is 0.802. The van der Waals surface area contributed by atoms with Crippen LogP contribution in [0.3, 0.4) is 0 Å². The molecule has 22 heavy (non-hydrogen) atoms. The third kappa shape index (κ3) is 2.43. The van der Waals surface area contributed by atoms with E-state index in [0.29, 0.717) is 11.3 Å². The lowest BCUT2D eigenvalue weighted by Gasteiger charge is -2.30. The zero-order valence-corrected chi connectivity index (χ0v) is 13.6. The number of amides is 1. The lowest BCUT2D eigenvalue weighted by molar-refractivity contribution is 0.0982. The van der Waals surface area contributed by atoms with E-state index in [0.717, 1.165) is 30.8 Å². The smallest absolute Gasteiger partial charge is 0.263 e. The molecular weight excluding hydrogens is 276 g/mol. The molecule has 4 heteroatoms. The molecule has 0 saturated carbocycles. The molecule has 2 heterocycles. The minimum Gasteiger partial charge on any atom is -0.361 e. The highest BCUT2D eigenvalue weighted by Crippen LogP contribution is 2.32. The fourth-order valence-electron chi connectivity index (χ4n) is 3.02. The molecule has 2 aromatic rings. The molecular formula is C18H22N2O2. The van der Waals surface area contributed by atoms with Crippen molar-refractivity contribution in [3.63, 3.8) is 0 Å². The van der Waals surface area contributed by atoms with Gasteiger partial charge < -0.3 is 9.42 Å². The Labute approximate surface area is 131 Å². The Morgan fingerprint density at radius 3 is 2.73 bits per heavy atom. The number of carbonyl (C=O) groups excluding carboxylic acids is 1. The van der Waals surface area contributed by atoms with Crippen molar-refractivity contribution < 1.29 is 9.32 Å². The summed E-state index contributed by atoms with van der Waals surface area (Å²) in [5.41, 5.74) is 3.37. The van der Waals surface area contributed by atoms with Crippen LogP contribution in [-0.2, 0) is 11.8 Å². The van der Waals surface area contributed by atoms with Gasteiger partial charge in [0.2, 0.25) is 0 Å². The predicted octanol–water partition coefficient (Wildman–Crippen LogP) is 3.87. The molecule has 1 aliphatic heterocycles. The van der Waals surface area contributed by atoms with Gasteiger partial charge in [0.05, 0.1) is 0 Å². The molecule has 0 fully saturated rings. The molecule has 0 saturated heterocycles. The molecule has 0 atom stereocenters. The summed E-state index contributed by atoms with van der Waals surface area (Å²) in [4.78, 5) is 15.0. The Hall–Kier alpha value is -2.10. The largest absolute Gasteiger partial charge is 0.361 e. The van der Waals surface area contributed by atoms with Crippen LogP contribution in [-0.4, -0.2) is 17.6 Å². The maximum atomic E-state index is 13.1. The van der Waals surface area contributed by atoms with Gasteiger partial charge in [-0.25, -0.2) is 0 Å². The summed E-state index contributed by atoms with van der Waals surface area (Å²) in [6.07, 6.45) is 2.01. The number of anilines is 1. The second kappa shape index (κ2) is 5.27. The Kier molecular flexibility index (Phi) is 3.55. The SMILES string of the molecule is Cc1onc(C(C)(C)C)c1C(=O)N1CCCc2ccccc21. The number of aryl methyl sites for hydroxylation is 2. The van der Waals surface area contributed by atoms with Gasteiger partial charge >= 0.3 is 0 Å². The van der Waals surface area contributed by atoms with Crippen LogP contribution in [0, 0.1) is 6.92 Å². The summed E-state index contributed by atoms with van der Waals surface area (Å²) in [6, 6.07) is 8.12. The second-order valence-electron chi connectivity index (χ2n) is 6.90. The third-order valence-corrected chi connectivity index (χ3v) is 4.14. The number of hydrogen-bond donors (Lipinski definition) is 0. The molecule has 0 radical (unpaired) electrons. The standard InChI is InChI=1S/C18H22N2O2/c1-12-15(16(19-22-12)18(2,3)4)17(21)20-11-7-9-13-8-5-6-10-14(13)20/h5-6,8,10H,7,9,11H2,1-4H3. The van der Waals surface area contributed by atoms with Crippen LogP contribution in [0.2, 0.25) is 0 Å². The van der Waals surface area contributed by atoms with E-state index in [2.05, 4.69) is 11.2 Å². The number of carbonyl (C=O) groups is 1. The van der Waals surface area contributed by atoms with Gasteiger partial charge in [0.15, 0.2) is 0 Å². The number of aromatic nitrogens is 1. The molecule has 0 spiro atoms. The summed E-state index contributed by atoms with van der Waals surface area (Å²) in [6.45, 7) is 8.69. The van der Waals surface area contributed by atoms with Crippen molar-refractivity contribution in [3.05, 3.63) is 46.8 Å². The number of para-hydroxylation sites is 1. The van der Waals surface area contributed by atoms with E-state index >= 15 is 0 Å². The first-order valence-corrected chi connectivity index (χ1v) is 7.76. The van der Waals surface area contributed by atoms with Gasteiger partial charge in [-0.1, -0.05) is 44.1 Å². The van der Waals surface area contributed by atoms with Crippen molar-refractivity contribution in [2.75, 3.05) is 11.4 Å². The minimum atomic E-state index is -0.224. The van der Waals surface area contributed by atoms with Crippen molar-refractivity contribution in [3.8, 4) is 0 Å². The number of hydrogen-bond acceptors (Lipinski definition) is 3. The zero-order chi connectivity index (χ0) is 15.9. The van der Waals surface area contributed by atoms with Crippen LogP contribution in [0.5, 0.6) is 0 Å². The normalized spacial score (nSPS) is 14.8. The van der Waals surface area contributed by atoms with Gasteiger partial charge in [-0.05, 0) is 31.4 Å². The summed E-state index contributed by atoms with van der Waals surface area (Å²) in [5.74, 6) is 0.591. The van der Waals surface area contributed by atoms with Gasteiger partial charge in [-0.15, -0.1) is 0 Å². The highest BCUT2D eigenvalue weighted by molar-refractivity contribution is 6.08. The van der Waals surface area contributed by atoms with Gasteiger partial charge in [0.25, 0.3) is 5.91 Å². The topological polar surface area (TPSA) is 46.3 Å². The van der Waals surface area contributed by atoms with E-state index < -0.39 is 0 Å². The Balaban J connectivity index is 2.05. The third-order valence-electron chi connectivity index (χ3n) is 4.14. The number of fused-ring (bicyclic) bond motifs is 1.